The Bertz CT molecular complexity index is 1150. The van der Waals surface area contributed by atoms with Crippen LogP contribution in [0, 0.1) is 0 Å². The van der Waals surface area contributed by atoms with Crippen LogP contribution in [0.5, 0.6) is 0 Å². The number of nitrogens with zero attached hydrogens (tertiary/aromatic N) is 5. The van der Waals surface area contributed by atoms with Gasteiger partial charge in [0.05, 0.1) is 19.3 Å². The molecular formula is C25H31N5O2. The van der Waals surface area contributed by atoms with E-state index in [-0.39, 0.29) is 11.9 Å². The van der Waals surface area contributed by atoms with E-state index in [9.17, 15) is 9.90 Å². The summed E-state index contributed by atoms with van der Waals surface area (Å²) in [5, 5.41) is 17.4. The van der Waals surface area contributed by atoms with Crippen molar-refractivity contribution in [1.82, 2.24) is 19.6 Å². The van der Waals surface area contributed by atoms with E-state index in [0.29, 0.717) is 38.3 Å². The summed E-state index contributed by atoms with van der Waals surface area (Å²) < 4.78 is 1.90. The Morgan fingerprint density at radius 1 is 1.19 bits per heavy atom. The molecule has 7 nitrogen and oxygen atoms in total. The van der Waals surface area contributed by atoms with Crippen molar-refractivity contribution in [2.24, 2.45) is 0 Å². The first-order valence-electron chi connectivity index (χ1n) is 11.4. The van der Waals surface area contributed by atoms with Crippen LogP contribution in [0.1, 0.15) is 41.9 Å². The van der Waals surface area contributed by atoms with Gasteiger partial charge in [-0.15, -0.1) is 0 Å². The lowest BCUT2D eigenvalue weighted by Crippen LogP contribution is -2.44. The standard InChI is InChI=1S/C25H31N5O2/c1-17(2)29-16-27(3)15-22-23(25(32)28-12-11-20(31)14-28)30(26-24(22)29)13-19-9-6-8-18-7-4-5-10-21(18)19/h4-10,17,20,31H,11-16H2,1-3H3/t20-/m0/s1. The Kier molecular flexibility index (Phi) is 5.39. The highest BCUT2D eigenvalue weighted by atomic mass is 16.3. The van der Waals surface area contributed by atoms with Gasteiger partial charge in [-0.1, -0.05) is 42.5 Å². The maximum absolute atomic E-state index is 13.7. The molecule has 0 radical (unpaired) electrons. The number of β-amino-alcohol motifs (C(OH)–C–C–N with tert-alkyl or cyclic N) is 1. The minimum absolute atomic E-state index is 0.0328. The Balaban J connectivity index is 1.63. The van der Waals surface area contributed by atoms with E-state index in [4.69, 9.17) is 5.10 Å². The maximum Gasteiger partial charge on any atom is 0.272 e. The highest BCUT2D eigenvalue weighted by Crippen LogP contribution is 2.32. The molecule has 1 aromatic heterocycles. The SMILES string of the molecule is CC(C)N1CN(C)Cc2c1nn(Cc1cccc3ccccc13)c2C(=O)N1CC[C@H](O)C1. The lowest BCUT2D eigenvalue weighted by molar-refractivity contribution is 0.0751. The summed E-state index contributed by atoms with van der Waals surface area (Å²) in [5.41, 5.74) is 2.78. The topological polar surface area (TPSA) is 64.8 Å². The van der Waals surface area contributed by atoms with Crippen molar-refractivity contribution < 1.29 is 9.90 Å². The van der Waals surface area contributed by atoms with Gasteiger partial charge in [0.15, 0.2) is 5.82 Å². The summed E-state index contributed by atoms with van der Waals surface area (Å²) in [6.07, 6.45) is 0.183. The molecule has 2 aromatic carbocycles. The van der Waals surface area contributed by atoms with Gasteiger partial charge in [0.1, 0.15) is 5.69 Å². The molecule has 32 heavy (non-hydrogen) atoms. The molecule has 0 bridgehead atoms. The number of benzene rings is 2. The highest BCUT2D eigenvalue weighted by molar-refractivity contribution is 5.96. The van der Waals surface area contributed by atoms with Gasteiger partial charge in [-0.25, -0.2) is 0 Å². The largest absolute Gasteiger partial charge is 0.391 e. The molecule has 2 aliphatic rings. The Hall–Kier alpha value is -2.90. The molecule has 3 aromatic rings. The van der Waals surface area contributed by atoms with Gasteiger partial charge >= 0.3 is 0 Å². The van der Waals surface area contributed by atoms with Crippen LogP contribution in [-0.4, -0.2) is 69.5 Å². The number of aliphatic hydroxyl groups is 1. The zero-order valence-electron chi connectivity index (χ0n) is 19.0. The van der Waals surface area contributed by atoms with E-state index in [1.165, 1.54) is 10.8 Å². The minimum atomic E-state index is -0.445. The smallest absolute Gasteiger partial charge is 0.272 e. The molecule has 5 rings (SSSR count). The van der Waals surface area contributed by atoms with Crippen molar-refractivity contribution in [3.8, 4) is 0 Å². The monoisotopic (exact) mass is 433 g/mol. The van der Waals surface area contributed by atoms with Crippen LogP contribution < -0.4 is 4.90 Å². The van der Waals surface area contributed by atoms with E-state index >= 15 is 0 Å². The highest BCUT2D eigenvalue weighted by Gasteiger charge is 2.35. The van der Waals surface area contributed by atoms with Crippen LogP contribution in [-0.2, 0) is 13.1 Å². The summed E-state index contributed by atoms with van der Waals surface area (Å²) in [7, 11) is 2.08. The number of fused-ring (bicyclic) bond motifs is 2. The fourth-order valence-corrected chi connectivity index (χ4v) is 4.94. The number of aromatic nitrogens is 2. The van der Waals surface area contributed by atoms with Crippen molar-refractivity contribution in [1.29, 1.82) is 0 Å². The first-order valence-corrected chi connectivity index (χ1v) is 11.4. The summed E-state index contributed by atoms with van der Waals surface area (Å²) >= 11 is 0. The number of carbonyl (C=O) groups is 1. The van der Waals surface area contributed by atoms with Crippen LogP contribution in [0.25, 0.3) is 10.8 Å². The quantitative estimate of drug-likeness (QED) is 0.686. The van der Waals surface area contributed by atoms with Crippen LogP contribution in [0.3, 0.4) is 0 Å². The number of likely N-dealkylation sites (tertiary alicyclic amines) is 1. The second-order valence-electron chi connectivity index (χ2n) is 9.36. The first-order chi connectivity index (χ1) is 15.4. The zero-order chi connectivity index (χ0) is 22.4. The normalized spacial score (nSPS) is 19.2. The molecular weight excluding hydrogens is 402 g/mol. The number of amides is 1. The van der Waals surface area contributed by atoms with E-state index in [2.05, 4.69) is 61.0 Å². The second kappa shape index (κ2) is 8.22. The predicted molar refractivity (Wildman–Crippen MR) is 126 cm³/mol. The minimum Gasteiger partial charge on any atom is -0.391 e. The van der Waals surface area contributed by atoms with E-state index in [1.54, 1.807) is 4.90 Å². The van der Waals surface area contributed by atoms with Gasteiger partial charge in [0.25, 0.3) is 5.91 Å². The summed E-state index contributed by atoms with van der Waals surface area (Å²) in [4.78, 5) is 20.0. The Morgan fingerprint density at radius 3 is 2.72 bits per heavy atom. The molecule has 1 N–H and O–H groups in total. The molecule has 0 aliphatic carbocycles. The number of hydrogen-bond donors (Lipinski definition) is 1. The van der Waals surface area contributed by atoms with Crippen molar-refractivity contribution in [3.63, 3.8) is 0 Å². The molecule has 0 saturated carbocycles. The second-order valence-corrected chi connectivity index (χ2v) is 9.36. The van der Waals surface area contributed by atoms with Crippen LogP contribution in [0.2, 0.25) is 0 Å². The van der Waals surface area contributed by atoms with E-state index in [0.717, 1.165) is 23.6 Å². The fourth-order valence-electron chi connectivity index (χ4n) is 4.94. The van der Waals surface area contributed by atoms with Crippen LogP contribution in [0.4, 0.5) is 5.82 Å². The van der Waals surface area contributed by atoms with Gasteiger partial charge in [0, 0.05) is 31.2 Å². The third-order valence-corrected chi connectivity index (χ3v) is 6.60. The molecule has 3 heterocycles. The van der Waals surface area contributed by atoms with Crippen molar-refractivity contribution in [2.75, 3.05) is 31.7 Å². The van der Waals surface area contributed by atoms with Gasteiger partial charge < -0.3 is 14.9 Å². The summed E-state index contributed by atoms with van der Waals surface area (Å²) in [5.74, 6) is 0.871. The fraction of sp³-hybridized carbons (Fsp3) is 0.440. The third kappa shape index (κ3) is 3.65. The summed E-state index contributed by atoms with van der Waals surface area (Å²) in [6, 6.07) is 14.9. The van der Waals surface area contributed by atoms with Crippen molar-refractivity contribution >= 4 is 22.5 Å². The lowest BCUT2D eigenvalue weighted by Gasteiger charge is -2.36. The number of anilines is 1. The molecule has 1 fully saturated rings. The Labute approximate surface area is 188 Å². The van der Waals surface area contributed by atoms with Crippen molar-refractivity contribution in [2.45, 2.75) is 45.5 Å². The van der Waals surface area contributed by atoms with Gasteiger partial charge in [-0.05, 0) is 43.7 Å². The van der Waals surface area contributed by atoms with Crippen LogP contribution >= 0.6 is 0 Å². The van der Waals surface area contributed by atoms with Gasteiger partial charge in [-0.3, -0.25) is 14.4 Å². The Morgan fingerprint density at radius 2 is 1.97 bits per heavy atom. The van der Waals surface area contributed by atoms with E-state index in [1.807, 2.05) is 16.8 Å². The maximum atomic E-state index is 13.7. The number of rotatable bonds is 4. The molecule has 1 saturated heterocycles. The first kappa shape index (κ1) is 21.0. The lowest BCUT2D eigenvalue weighted by atomic mass is 10.0. The summed E-state index contributed by atoms with van der Waals surface area (Å²) in [6.45, 7) is 7.28. The molecule has 1 amide bonds. The number of carbonyl (C=O) groups excluding carboxylic acids is 1. The molecule has 7 heteroatoms. The third-order valence-electron chi connectivity index (χ3n) is 6.60. The van der Waals surface area contributed by atoms with Crippen molar-refractivity contribution in [3.05, 3.63) is 59.3 Å². The van der Waals surface area contributed by atoms with Gasteiger partial charge in [0.2, 0.25) is 0 Å². The number of aliphatic hydroxyl groups excluding tert-OH is 1. The predicted octanol–water partition coefficient (Wildman–Crippen LogP) is 2.91. The molecule has 0 spiro atoms. The van der Waals surface area contributed by atoms with Gasteiger partial charge in [-0.2, -0.15) is 5.10 Å². The van der Waals surface area contributed by atoms with E-state index < -0.39 is 6.10 Å². The molecule has 2 aliphatic heterocycles. The average molecular weight is 434 g/mol. The van der Waals surface area contributed by atoms with Crippen LogP contribution in [0.15, 0.2) is 42.5 Å². The molecule has 168 valence electrons. The molecule has 1 atom stereocenters. The average Bonchev–Trinajstić information content (AvgIpc) is 3.36. The number of hydrogen-bond acceptors (Lipinski definition) is 5. The molecule has 0 unspecified atom stereocenters. The zero-order valence-corrected chi connectivity index (χ0v) is 19.0.